The fraction of sp³-hybridized carbons (Fsp3) is 0.269. The number of amides is 1. The molecule has 0 bridgehead atoms. The number of hydrogen-bond acceptors (Lipinski definition) is 7. The van der Waals surface area contributed by atoms with Crippen LogP contribution < -0.4 is 10.2 Å². The Hall–Kier alpha value is -3.50. The van der Waals surface area contributed by atoms with Gasteiger partial charge >= 0.3 is 5.97 Å². The summed E-state index contributed by atoms with van der Waals surface area (Å²) in [6, 6.07) is 15.9. The van der Waals surface area contributed by atoms with E-state index in [1.807, 2.05) is 35.2 Å². The molecular weight excluding hydrogens is 498 g/mol. The number of anilines is 2. The van der Waals surface area contributed by atoms with Crippen LogP contribution in [0.2, 0.25) is 0 Å². The van der Waals surface area contributed by atoms with E-state index in [4.69, 9.17) is 4.74 Å². The van der Waals surface area contributed by atoms with Crippen molar-refractivity contribution in [3.8, 4) is 10.4 Å². The van der Waals surface area contributed by atoms with E-state index in [0.29, 0.717) is 30.2 Å². The number of carbonyl (C=O) groups excluding carboxylic acids is 2. The summed E-state index contributed by atoms with van der Waals surface area (Å²) in [4.78, 5) is 28.9. The van der Waals surface area contributed by atoms with E-state index < -0.39 is 21.9 Å². The number of benzene rings is 2. The van der Waals surface area contributed by atoms with Gasteiger partial charge in [-0.05, 0) is 49.6 Å². The number of carbonyl (C=O) groups is 2. The average molecular weight is 524 g/mol. The third-order valence-corrected chi connectivity index (χ3v) is 8.61. The van der Waals surface area contributed by atoms with Crippen LogP contribution in [0, 0.1) is 0 Å². The smallest absolute Gasteiger partial charge is 0.350 e. The lowest BCUT2D eigenvalue weighted by Gasteiger charge is -2.29. The highest BCUT2D eigenvalue weighted by molar-refractivity contribution is 7.90. The number of ether oxygens (including phenoxy) is 1. The number of nitrogens with one attached hydrogen (secondary N) is 1. The molecule has 0 saturated carbocycles. The minimum Gasteiger partial charge on any atom is -0.462 e. The van der Waals surface area contributed by atoms with E-state index in [-0.39, 0.29) is 21.9 Å². The van der Waals surface area contributed by atoms with E-state index in [1.165, 1.54) is 17.4 Å². The Morgan fingerprint density at radius 1 is 1.08 bits per heavy atom. The van der Waals surface area contributed by atoms with Crippen molar-refractivity contribution in [1.82, 2.24) is 0 Å². The van der Waals surface area contributed by atoms with Crippen LogP contribution >= 0.6 is 11.3 Å². The molecule has 0 radical (unpaired) electrons. The van der Waals surface area contributed by atoms with Crippen LogP contribution in [0.25, 0.3) is 10.4 Å². The number of nitrogens with zero attached hydrogens (tertiary/aromatic N) is 2. The van der Waals surface area contributed by atoms with Crippen LogP contribution in [0.5, 0.6) is 0 Å². The minimum absolute atomic E-state index is 0.0155. The zero-order valence-corrected chi connectivity index (χ0v) is 21.3. The molecule has 3 aromatic rings. The summed E-state index contributed by atoms with van der Waals surface area (Å²) in [6.07, 6.45) is 3.47. The second kappa shape index (κ2) is 9.87. The minimum atomic E-state index is -3.92. The molecule has 2 aromatic carbocycles. The van der Waals surface area contributed by atoms with Gasteiger partial charge in [0.25, 0.3) is 15.9 Å². The highest BCUT2D eigenvalue weighted by Crippen LogP contribution is 2.37. The number of amidine groups is 1. The Bertz CT molecular complexity index is 1460. The Balaban J connectivity index is 1.48. The topological polar surface area (TPSA) is 105 Å². The van der Waals surface area contributed by atoms with E-state index >= 15 is 0 Å². The SMILES string of the molecule is CCOC(=O)c1sc(-c2ccccc2)cc1NC(=O)c1ccc2c(c1)S(=O)(=O)N=C1CCCCCN12. The molecule has 3 heterocycles. The Kier molecular flexibility index (Phi) is 6.63. The first-order valence-corrected chi connectivity index (χ1v) is 14.1. The Morgan fingerprint density at radius 3 is 2.67 bits per heavy atom. The van der Waals surface area contributed by atoms with Crippen molar-refractivity contribution >= 4 is 50.4 Å². The standard InChI is InChI=1S/C26H25N3O5S2/c1-2-34-26(31)24-19(16-21(35-24)17-9-5-3-6-10-17)27-25(30)18-12-13-20-22(15-18)36(32,33)28-23-11-7-4-8-14-29(20)23/h3,5-6,9-10,12-13,15-16H,2,4,7-8,11,14H2,1H3,(H,27,30). The molecule has 0 spiro atoms. The Labute approximate surface area is 213 Å². The maximum absolute atomic E-state index is 13.2. The molecule has 10 heteroatoms. The van der Waals surface area contributed by atoms with Crippen LogP contribution in [-0.2, 0) is 14.8 Å². The van der Waals surface area contributed by atoms with Gasteiger partial charge < -0.3 is 15.0 Å². The van der Waals surface area contributed by atoms with Gasteiger partial charge in [-0.1, -0.05) is 36.8 Å². The zero-order chi connectivity index (χ0) is 25.3. The number of sulfonamides is 1. The van der Waals surface area contributed by atoms with Gasteiger partial charge in [0.1, 0.15) is 15.6 Å². The third-order valence-electron chi connectivity index (χ3n) is 6.11. The molecule has 2 aliphatic heterocycles. The molecule has 1 amide bonds. The third kappa shape index (κ3) is 4.66. The lowest BCUT2D eigenvalue weighted by molar-refractivity contribution is 0.0533. The van der Waals surface area contributed by atoms with E-state index in [2.05, 4.69) is 9.71 Å². The maximum Gasteiger partial charge on any atom is 0.350 e. The summed E-state index contributed by atoms with van der Waals surface area (Å²) in [5, 5.41) is 2.78. The first-order valence-electron chi connectivity index (χ1n) is 11.8. The van der Waals surface area contributed by atoms with Crippen molar-refractivity contribution < 1.29 is 22.7 Å². The van der Waals surface area contributed by atoms with Gasteiger partial charge in [0.2, 0.25) is 0 Å². The molecule has 5 rings (SSSR count). The second-order valence-electron chi connectivity index (χ2n) is 8.52. The van der Waals surface area contributed by atoms with Gasteiger partial charge in [0.15, 0.2) is 0 Å². The molecule has 0 unspecified atom stereocenters. The second-order valence-corrected chi connectivity index (χ2v) is 11.1. The molecule has 186 valence electrons. The first kappa shape index (κ1) is 24.2. The predicted molar refractivity (Wildman–Crippen MR) is 141 cm³/mol. The normalized spacial score (nSPS) is 16.2. The van der Waals surface area contributed by atoms with Gasteiger partial charge in [-0.2, -0.15) is 8.42 Å². The van der Waals surface area contributed by atoms with Crippen molar-refractivity contribution in [2.45, 2.75) is 37.5 Å². The summed E-state index contributed by atoms with van der Waals surface area (Å²) >= 11 is 1.23. The maximum atomic E-state index is 13.2. The number of thiophene rings is 1. The van der Waals surface area contributed by atoms with Crippen molar-refractivity contribution in [3.05, 3.63) is 65.0 Å². The van der Waals surface area contributed by atoms with Crippen molar-refractivity contribution in [3.63, 3.8) is 0 Å². The molecule has 1 aromatic heterocycles. The van der Waals surface area contributed by atoms with Gasteiger partial charge in [-0.15, -0.1) is 15.7 Å². The summed E-state index contributed by atoms with van der Waals surface area (Å²) in [7, 11) is -3.92. The quantitative estimate of drug-likeness (QED) is 0.454. The average Bonchev–Trinajstić information content (AvgIpc) is 3.15. The number of esters is 1. The van der Waals surface area contributed by atoms with Crippen molar-refractivity contribution in [2.75, 3.05) is 23.4 Å². The zero-order valence-electron chi connectivity index (χ0n) is 19.7. The largest absolute Gasteiger partial charge is 0.462 e. The van der Waals surface area contributed by atoms with Crippen molar-refractivity contribution in [1.29, 1.82) is 0 Å². The van der Waals surface area contributed by atoms with Gasteiger partial charge in [-0.25, -0.2) is 4.79 Å². The van der Waals surface area contributed by atoms with Crippen LogP contribution in [0.1, 0.15) is 52.6 Å². The van der Waals surface area contributed by atoms with Crippen LogP contribution in [0.3, 0.4) is 0 Å². The van der Waals surface area contributed by atoms with Gasteiger partial charge in [0, 0.05) is 23.4 Å². The summed E-state index contributed by atoms with van der Waals surface area (Å²) in [6.45, 7) is 2.60. The van der Waals surface area contributed by atoms with Crippen LogP contribution in [0.15, 0.2) is 63.9 Å². The Morgan fingerprint density at radius 2 is 1.89 bits per heavy atom. The number of rotatable bonds is 5. The molecular formula is C26H25N3O5S2. The van der Waals surface area contributed by atoms with Crippen LogP contribution in [-0.4, -0.2) is 39.3 Å². The lowest BCUT2D eigenvalue weighted by atomic mass is 10.1. The van der Waals surface area contributed by atoms with E-state index in [0.717, 1.165) is 29.7 Å². The molecule has 8 nitrogen and oxygen atoms in total. The fourth-order valence-electron chi connectivity index (χ4n) is 4.39. The highest BCUT2D eigenvalue weighted by atomic mass is 32.2. The molecule has 1 fully saturated rings. The molecule has 1 N–H and O–H groups in total. The molecule has 2 aliphatic rings. The van der Waals surface area contributed by atoms with Crippen LogP contribution in [0.4, 0.5) is 11.4 Å². The molecule has 36 heavy (non-hydrogen) atoms. The first-order chi connectivity index (χ1) is 17.4. The number of hydrogen-bond donors (Lipinski definition) is 1. The number of fused-ring (bicyclic) bond motifs is 3. The summed E-state index contributed by atoms with van der Waals surface area (Å²) in [5.74, 6) is -0.499. The lowest BCUT2D eigenvalue weighted by Crippen LogP contribution is -2.35. The van der Waals surface area contributed by atoms with Crippen molar-refractivity contribution in [2.24, 2.45) is 4.40 Å². The fourth-order valence-corrected chi connectivity index (χ4v) is 6.69. The summed E-state index contributed by atoms with van der Waals surface area (Å²) in [5.41, 5.74) is 1.93. The van der Waals surface area contributed by atoms with E-state index in [9.17, 15) is 18.0 Å². The summed E-state index contributed by atoms with van der Waals surface area (Å²) < 4.78 is 35.1. The van der Waals surface area contributed by atoms with E-state index in [1.54, 1.807) is 25.1 Å². The molecule has 0 aliphatic carbocycles. The predicted octanol–water partition coefficient (Wildman–Crippen LogP) is 5.33. The molecule has 1 saturated heterocycles. The van der Waals surface area contributed by atoms with Gasteiger partial charge in [0.05, 0.1) is 18.0 Å². The molecule has 0 atom stereocenters. The highest BCUT2D eigenvalue weighted by Gasteiger charge is 2.32. The van der Waals surface area contributed by atoms with Gasteiger partial charge in [-0.3, -0.25) is 4.79 Å². The monoisotopic (exact) mass is 523 g/mol.